The summed E-state index contributed by atoms with van der Waals surface area (Å²) in [6.45, 7) is 2.68. The van der Waals surface area contributed by atoms with Crippen molar-refractivity contribution in [1.29, 1.82) is 0 Å². The first-order valence-electron chi connectivity index (χ1n) is 6.60. The minimum absolute atomic E-state index is 0.491. The summed E-state index contributed by atoms with van der Waals surface area (Å²) in [5.74, 6) is 1.29. The van der Waals surface area contributed by atoms with Crippen LogP contribution in [0.2, 0.25) is 0 Å². The van der Waals surface area contributed by atoms with Crippen LogP contribution in [0.25, 0.3) is 10.9 Å². The van der Waals surface area contributed by atoms with Gasteiger partial charge in [0, 0.05) is 17.5 Å². The molecular weight excluding hydrogens is 278 g/mol. The number of alkyl halides is 1. The summed E-state index contributed by atoms with van der Waals surface area (Å²) in [6.07, 6.45) is 1.76. The van der Waals surface area contributed by atoms with Crippen molar-refractivity contribution in [2.45, 2.75) is 0 Å². The van der Waals surface area contributed by atoms with Crippen LogP contribution in [0.4, 0.5) is 0 Å². The van der Waals surface area contributed by atoms with Crippen LogP contribution in [0.5, 0.6) is 5.75 Å². The average Bonchev–Trinajstić information content (AvgIpc) is 2.50. The van der Waals surface area contributed by atoms with E-state index in [1.807, 2.05) is 30.3 Å². The molecule has 0 amide bonds. The third-order valence-electron chi connectivity index (χ3n) is 2.67. The lowest BCUT2D eigenvalue weighted by Crippen LogP contribution is -2.11. The highest BCUT2D eigenvalue weighted by molar-refractivity contribution is 6.17. The van der Waals surface area contributed by atoms with Crippen molar-refractivity contribution in [3.8, 4) is 5.75 Å². The summed E-state index contributed by atoms with van der Waals surface area (Å²) in [5, 5.41) is 1.07. The van der Waals surface area contributed by atoms with Gasteiger partial charge in [0.2, 0.25) is 0 Å². The van der Waals surface area contributed by atoms with Crippen LogP contribution in [-0.4, -0.2) is 43.9 Å². The molecule has 0 aliphatic carbocycles. The van der Waals surface area contributed by atoms with Gasteiger partial charge in [0.05, 0.1) is 26.4 Å². The van der Waals surface area contributed by atoms with Crippen molar-refractivity contribution >= 4 is 22.5 Å². The molecule has 0 atom stereocenters. The monoisotopic (exact) mass is 295 g/mol. The summed E-state index contributed by atoms with van der Waals surface area (Å²) in [6, 6.07) is 9.81. The highest BCUT2D eigenvalue weighted by Gasteiger charge is 2.02. The van der Waals surface area contributed by atoms with Gasteiger partial charge in [-0.25, -0.2) is 0 Å². The number of fused-ring (bicyclic) bond motifs is 1. The Morgan fingerprint density at radius 1 is 0.900 bits per heavy atom. The van der Waals surface area contributed by atoms with Gasteiger partial charge in [0.25, 0.3) is 0 Å². The SMILES string of the molecule is ClCCOCCOCCOc1cccc2cccnc12. The fraction of sp³-hybridized carbons (Fsp3) is 0.400. The summed E-state index contributed by atoms with van der Waals surface area (Å²) < 4.78 is 16.3. The Morgan fingerprint density at radius 2 is 1.65 bits per heavy atom. The molecule has 0 saturated carbocycles. The molecule has 2 aromatic rings. The Bertz CT molecular complexity index is 516. The maximum absolute atomic E-state index is 5.70. The fourth-order valence-corrected chi connectivity index (χ4v) is 1.89. The van der Waals surface area contributed by atoms with Gasteiger partial charge in [-0.05, 0) is 12.1 Å². The third-order valence-corrected chi connectivity index (χ3v) is 2.83. The zero-order valence-corrected chi connectivity index (χ0v) is 12.0. The molecule has 0 saturated heterocycles. The standard InChI is InChI=1S/C15H18ClNO3/c16-6-8-18-9-10-19-11-12-20-14-5-1-3-13-4-2-7-17-15(13)14/h1-5,7H,6,8-12H2. The van der Waals surface area contributed by atoms with Gasteiger partial charge in [-0.15, -0.1) is 11.6 Å². The first kappa shape index (κ1) is 15.0. The normalized spacial score (nSPS) is 10.8. The fourth-order valence-electron chi connectivity index (χ4n) is 1.78. The number of aromatic nitrogens is 1. The maximum atomic E-state index is 5.70. The maximum Gasteiger partial charge on any atom is 0.145 e. The van der Waals surface area contributed by atoms with Gasteiger partial charge in [-0.2, -0.15) is 0 Å². The number of pyridine rings is 1. The molecule has 108 valence electrons. The van der Waals surface area contributed by atoms with E-state index in [1.54, 1.807) is 6.20 Å². The minimum atomic E-state index is 0.491. The van der Waals surface area contributed by atoms with Crippen molar-refractivity contribution in [2.24, 2.45) is 0 Å². The quantitative estimate of drug-likeness (QED) is 0.527. The van der Waals surface area contributed by atoms with E-state index in [0.717, 1.165) is 16.7 Å². The van der Waals surface area contributed by atoms with E-state index in [-0.39, 0.29) is 0 Å². The van der Waals surface area contributed by atoms with E-state index >= 15 is 0 Å². The zero-order chi connectivity index (χ0) is 14.0. The number of hydrogen-bond acceptors (Lipinski definition) is 4. The predicted molar refractivity (Wildman–Crippen MR) is 79.6 cm³/mol. The summed E-state index contributed by atoms with van der Waals surface area (Å²) >= 11 is 5.49. The summed E-state index contributed by atoms with van der Waals surface area (Å²) in [7, 11) is 0. The minimum Gasteiger partial charge on any atom is -0.489 e. The number of hydrogen-bond donors (Lipinski definition) is 0. The smallest absolute Gasteiger partial charge is 0.145 e. The number of halogens is 1. The van der Waals surface area contributed by atoms with Gasteiger partial charge in [-0.1, -0.05) is 18.2 Å². The van der Waals surface area contributed by atoms with E-state index in [0.29, 0.717) is 38.9 Å². The van der Waals surface area contributed by atoms with Crippen LogP contribution >= 0.6 is 11.6 Å². The number of nitrogens with zero attached hydrogens (tertiary/aromatic N) is 1. The number of rotatable bonds is 9. The number of benzene rings is 1. The summed E-state index contributed by atoms with van der Waals surface area (Å²) in [4.78, 5) is 4.33. The van der Waals surface area contributed by atoms with Gasteiger partial charge < -0.3 is 14.2 Å². The van der Waals surface area contributed by atoms with E-state index in [9.17, 15) is 0 Å². The van der Waals surface area contributed by atoms with Gasteiger partial charge in [0.1, 0.15) is 17.9 Å². The molecule has 0 unspecified atom stereocenters. The molecule has 0 fully saturated rings. The van der Waals surface area contributed by atoms with Crippen LogP contribution in [0, 0.1) is 0 Å². The van der Waals surface area contributed by atoms with Gasteiger partial charge in [-0.3, -0.25) is 4.98 Å². The lowest BCUT2D eigenvalue weighted by molar-refractivity contribution is 0.0412. The van der Waals surface area contributed by atoms with Crippen molar-refractivity contribution in [1.82, 2.24) is 4.98 Å². The highest BCUT2D eigenvalue weighted by Crippen LogP contribution is 2.22. The molecule has 1 aromatic carbocycles. The molecule has 0 N–H and O–H groups in total. The molecule has 4 nitrogen and oxygen atoms in total. The second-order valence-corrected chi connectivity index (χ2v) is 4.47. The molecule has 1 aromatic heterocycles. The van der Waals surface area contributed by atoms with Crippen LogP contribution in [0.15, 0.2) is 36.5 Å². The van der Waals surface area contributed by atoms with E-state index < -0.39 is 0 Å². The van der Waals surface area contributed by atoms with E-state index in [1.165, 1.54) is 0 Å². The Morgan fingerprint density at radius 3 is 2.50 bits per heavy atom. The Balaban J connectivity index is 1.71. The number of para-hydroxylation sites is 1. The lowest BCUT2D eigenvalue weighted by atomic mass is 10.2. The average molecular weight is 296 g/mol. The van der Waals surface area contributed by atoms with Gasteiger partial charge >= 0.3 is 0 Å². The molecule has 0 aliphatic heterocycles. The largest absolute Gasteiger partial charge is 0.489 e. The van der Waals surface area contributed by atoms with Crippen molar-refractivity contribution < 1.29 is 14.2 Å². The van der Waals surface area contributed by atoms with Crippen LogP contribution in [0.3, 0.4) is 0 Å². The summed E-state index contributed by atoms with van der Waals surface area (Å²) in [5.41, 5.74) is 0.875. The molecule has 0 aliphatic rings. The lowest BCUT2D eigenvalue weighted by Gasteiger charge is -2.09. The second kappa shape index (κ2) is 8.74. The molecule has 0 bridgehead atoms. The Labute approximate surface area is 123 Å². The predicted octanol–water partition coefficient (Wildman–Crippen LogP) is 2.89. The molecule has 5 heteroatoms. The number of ether oxygens (including phenoxy) is 3. The third kappa shape index (κ3) is 4.63. The highest BCUT2D eigenvalue weighted by atomic mass is 35.5. The molecule has 20 heavy (non-hydrogen) atoms. The molecule has 0 radical (unpaired) electrons. The molecule has 0 spiro atoms. The molecule has 2 rings (SSSR count). The first-order valence-corrected chi connectivity index (χ1v) is 7.13. The topological polar surface area (TPSA) is 40.6 Å². The molecular formula is C15H18ClNO3. The van der Waals surface area contributed by atoms with Crippen LogP contribution in [-0.2, 0) is 9.47 Å². The molecule has 1 heterocycles. The van der Waals surface area contributed by atoms with Crippen molar-refractivity contribution in [3.05, 3.63) is 36.5 Å². The van der Waals surface area contributed by atoms with E-state index in [2.05, 4.69) is 4.98 Å². The Kier molecular flexibility index (Phi) is 6.57. The Hall–Kier alpha value is -1.36. The van der Waals surface area contributed by atoms with Crippen molar-refractivity contribution in [3.63, 3.8) is 0 Å². The van der Waals surface area contributed by atoms with Gasteiger partial charge in [0.15, 0.2) is 0 Å². The van der Waals surface area contributed by atoms with Crippen LogP contribution < -0.4 is 4.74 Å². The first-order chi connectivity index (χ1) is 9.92. The van der Waals surface area contributed by atoms with E-state index in [4.69, 9.17) is 25.8 Å². The zero-order valence-electron chi connectivity index (χ0n) is 11.3. The van der Waals surface area contributed by atoms with Crippen molar-refractivity contribution in [2.75, 3.05) is 38.9 Å². The van der Waals surface area contributed by atoms with Crippen LogP contribution in [0.1, 0.15) is 0 Å². The second-order valence-electron chi connectivity index (χ2n) is 4.09.